The molecule has 1 aromatic heterocycles. The maximum atomic E-state index is 11.6. The van der Waals surface area contributed by atoms with E-state index in [1.54, 1.807) is 11.5 Å². The predicted molar refractivity (Wildman–Crippen MR) is 130 cm³/mol. The van der Waals surface area contributed by atoms with Crippen molar-refractivity contribution in [3.63, 3.8) is 0 Å². The van der Waals surface area contributed by atoms with E-state index in [0.717, 1.165) is 52.6 Å². The standard InChI is InChI=1S/C25H29N3O5S/c26-23(25(30)31)17-5-9-20(10-6-17)33-19-7-2-15(3-8-19)13-27-14-16-1-4-18-12-22(24(29)28-32)34-21(18)11-16/h1-4,7-8,11-12,17,20,23,27,32H,5-6,9-10,13-14,26H2,(H,28,29)(H,30,31). The average molecular weight is 484 g/mol. The first-order valence-corrected chi connectivity index (χ1v) is 12.2. The Bertz CT molecular complexity index is 1140. The van der Waals surface area contributed by atoms with E-state index in [1.807, 2.05) is 36.4 Å². The summed E-state index contributed by atoms with van der Waals surface area (Å²) in [5, 5.41) is 22.3. The Morgan fingerprint density at radius 1 is 1.03 bits per heavy atom. The molecule has 4 rings (SSSR count). The number of benzene rings is 2. The van der Waals surface area contributed by atoms with Gasteiger partial charge in [-0.15, -0.1) is 11.3 Å². The predicted octanol–water partition coefficient (Wildman–Crippen LogP) is 3.66. The molecule has 0 saturated heterocycles. The second-order valence-electron chi connectivity index (χ2n) is 8.69. The van der Waals surface area contributed by atoms with Crippen LogP contribution in [0.25, 0.3) is 10.1 Å². The van der Waals surface area contributed by atoms with E-state index in [9.17, 15) is 9.59 Å². The Labute approximate surface area is 201 Å². The second-order valence-corrected chi connectivity index (χ2v) is 9.77. The van der Waals surface area contributed by atoms with Crippen LogP contribution in [0.15, 0.2) is 48.5 Å². The molecule has 9 heteroatoms. The third-order valence-corrected chi connectivity index (χ3v) is 7.40. The highest BCUT2D eigenvalue weighted by molar-refractivity contribution is 7.20. The topological polar surface area (TPSA) is 134 Å². The molecule has 34 heavy (non-hydrogen) atoms. The van der Waals surface area contributed by atoms with Crippen LogP contribution in [0.3, 0.4) is 0 Å². The first-order valence-electron chi connectivity index (χ1n) is 11.3. The molecule has 3 aromatic rings. The molecule has 1 aliphatic rings. The number of ether oxygens (including phenoxy) is 1. The zero-order valence-electron chi connectivity index (χ0n) is 18.7. The summed E-state index contributed by atoms with van der Waals surface area (Å²) < 4.78 is 7.09. The van der Waals surface area contributed by atoms with Gasteiger partial charge in [0.1, 0.15) is 11.8 Å². The molecule has 8 nitrogen and oxygen atoms in total. The van der Waals surface area contributed by atoms with E-state index in [1.165, 1.54) is 11.3 Å². The van der Waals surface area contributed by atoms with Gasteiger partial charge in [-0.25, -0.2) is 5.48 Å². The summed E-state index contributed by atoms with van der Waals surface area (Å²) in [6.45, 7) is 1.40. The number of thiophene rings is 1. The second kappa shape index (κ2) is 11.0. The van der Waals surface area contributed by atoms with Crippen molar-refractivity contribution in [3.8, 4) is 5.75 Å². The molecule has 1 heterocycles. The van der Waals surface area contributed by atoms with Gasteiger partial charge in [0, 0.05) is 17.8 Å². The summed E-state index contributed by atoms with van der Waals surface area (Å²) >= 11 is 1.35. The van der Waals surface area contributed by atoms with Crippen molar-refractivity contribution in [2.45, 2.75) is 50.9 Å². The molecule has 1 unspecified atom stereocenters. The fourth-order valence-corrected chi connectivity index (χ4v) is 5.37. The number of hydrogen-bond donors (Lipinski definition) is 5. The molecule has 2 aromatic carbocycles. The highest BCUT2D eigenvalue weighted by atomic mass is 32.1. The number of carbonyl (C=O) groups excluding carboxylic acids is 1. The van der Waals surface area contributed by atoms with Crippen LogP contribution in [0.2, 0.25) is 0 Å². The summed E-state index contributed by atoms with van der Waals surface area (Å²) in [6.07, 6.45) is 3.27. The Morgan fingerprint density at radius 2 is 1.71 bits per heavy atom. The molecule has 0 bridgehead atoms. The monoisotopic (exact) mass is 483 g/mol. The highest BCUT2D eigenvalue weighted by Crippen LogP contribution is 2.30. The number of nitrogens with two attached hydrogens (primary N) is 1. The van der Waals surface area contributed by atoms with Crippen LogP contribution in [0.1, 0.15) is 46.5 Å². The summed E-state index contributed by atoms with van der Waals surface area (Å²) in [4.78, 5) is 23.1. The molecule has 6 N–H and O–H groups in total. The van der Waals surface area contributed by atoms with E-state index in [-0.39, 0.29) is 12.0 Å². The third-order valence-electron chi connectivity index (χ3n) is 6.31. The van der Waals surface area contributed by atoms with Crippen molar-refractivity contribution >= 4 is 33.3 Å². The molecule has 180 valence electrons. The van der Waals surface area contributed by atoms with Crippen molar-refractivity contribution in [2.24, 2.45) is 11.7 Å². The molecule has 1 saturated carbocycles. The first kappa shape index (κ1) is 24.2. The minimum Gasteiger partial charge on any atom is -0.490 e. The Morgan fingerprint density at radius 3 is 2.38 bits per heavy atom. The Balaban J connectivity index is 1.23. The Hall–Kier alpha value is -2.98. The van der Waals surface area contributed by atoms with Crippen LogP contribution in [0, 0.1) is 5.92 Å². The number of hydrogen-bond acceptors (Lipinski definition) is 7. The van der Waals surface area contributed by atoms with Crippen LogP contribution in [0.5, 0.6) is 5.75 Å². The lowest BCUT2D eigenvalue weighted by atomic mass is 9.83. The quantitative estimate of drug-likeness (QED) is 0.232. The molecule has 0 radical (unpaired) electrons. The maximum absolute atomic E-state index is 11.6. The molecular formula is C25H29N3O5S. The number of aliphatic carboxylic acids is 1. The summed E-state index contributed by atoms with van der Waals surface area (Å²) in [6, 6.07) is 15.1. The lowest BCUT2D eigenvalue weighted by Gasteiger charge is -2.30. The van der Waals surface area contributed by atoms with E-state index >= 15 is 0 Å². The molecule has 1 atom stereocenters. The molecular weight excluding hydrogens is 454 g/mol. The van der Waals surface area contributed by atoms with Crippen LogP contribution in [-0.2, 0) is 17.9 Å². The zero-order valence-corrected chi connectivity index (χ0v) is 19.5. The SMILES string of the molecule is NC(C(=O)O)C1CCC(Oc2ccc(CNCc3ccc4cc(C(=O)NO)sc4c3)cc2)CC1. The van der Waals surface area contributed by atoms with Crippen LogP contribution < -0.4 is 21.3 Å². The number of amides is 1. The van der Waals surface area contributed by atoms with Crippen LogP contribution in [-0.4, -0.2) is 34.3 Å². The summed E-state index contributed by atoms with van der Waals surface area (Å²) in [7, 11) is 0. The van der Waals surface area contributed by atoms with E-state index in [0.29, 0.717) is 18.0 Å². The molecule has 1 amide bonds. The van der Waals surface area contributed by atoms with Crippen LogP contribution >= 0.6 is 11.3 Å². The number of fused-ring (bicyclic) bond motifs is 1. The van der Waals surface area contributed by atoms with Gasteiger partial charge >= 0.3 is 5.97 Å². The fraction of sp³-hybridized carbons (Fsp3) is 0.360. The molecule has 0 aliphatic heterocycles. The lowest BCUT2D eigenvalue weighted by Crippen LogP contribution is -2.41. The number of carbonyl (C=O) groups is 2. The van der Waals surface area contributed by atoms with Gasteiger partial charge in [0.15, 0.2) is 0 Å². The van der Waals surface area contributed by atoms with Crippen molar-refractivity contribution in [2.75, 3.05) is 0 Å². The van der Waals surface area contributed by atoms with E-state index in [2.05, 4.69) is 11.4 Å². The third kappa shape index (κ3) is 5.92. The number of nitrogens with one attached hydrogen (secondary N) is 2. The van der Waals surface area contributed by atoms with Crippen LogP contribution in [0.4, 0.5) is 0 Å². The fourth-order valence-electron chi connectivity index (χ4n) is 4.35. The smallest absolute Gasteiger partial charge is 0.320 e. The number of rotatable bonds is 9. The van der Waals surface area contributed by atoms with Gasteiger partial charge in [-0.05, 0) is 72.4 Å². The number of carboxylic acids is 1. The minimum absolute atomic E-state index is 0.0217. The normalized spacial score (nSPS) is 19.0. The van der Waals surface area contributed by atoms with Gasteiger partial charge in [-0.1, -0.05) is 24.3 Å². The number of hydroxylamine groups is 1. The minimum atomic E-state index is -0.929. The molecule has 1 aliphatic carbocycles. The van der Waals surface area contributed by atoms with Gasteiger partial charge in [-0.2, -0.15) is 0 Å². The van der Waals surface area contributed by atoms with Crippen molar-refractivity contribution < 1.29 is 24.6 Å². The average Bonchev–Trinajstić information content (AvgIpc) is 3.28. The van der Waals surface area contributed by atoms with Gasteiger partial charge in [0.05, 0.1) is 11.0 Å². The Kier molecular flexibility index (Phi) is 7.79. The van der Waals surface area contributed by atoms with E-state index < -0.39 is 17.9 Å². The van der Waals surface area contributed by atoms with Gasteiger partial charge < -0.3 is 20.9 Å². The summed E-state index contributed by atoms with van der Waals surface area (Å²) in [5.41, 5.74) is 9.68. The van der Waals surface area contributed by atoms with Gasteiger partial charge in [-0.3, -0.25) is 14.8 Å². The highest BCUT2D eigenvalue weighted by Gasteiger charge is 2.30. The largest absolute Gasteiger partial charge is 0.490 e. The van der Waals surface area contributed by atoms with Crippen molar-refractivity contribution in [1.29, 1.82) is 0 Å². The molecule has 1 fully saturated rings. The van der Waals surface area contributed by atoms with Crippen molar-refractivity contribution in [3.05, 3.63) is 64.5 Å². The van der Waals surface area contributed by atoms with E-state index in [4.69, 9.17) is 20.8 Å². The van der Waals surface area contributed by atoms with Gasteiger partial charge in [0.2, 0.25) is 0 Å². The zero-order chi connectivity index (χ0) is 24.1. The lowest BCUT2D eigenvalue weighted by molar-refractivity contribution is -0.140. The maximum Gasteiger partial charge on any atom is 0.320 e. The molecule has 0 spiro atoms. The number of carboxylic acid groups (broad SMARTS) is 1. The van der Waals surface area contributed by atoms with Crippen molar-refractivity contribution in [1.82, 2.24) is 10.8 Å². The first-order chi connectivity index (χ1) is 16.4. The summed E-state index contributed by atoms with van der Waals surface area (Å²) in [5.74, 6) is -0.584. The van der Waals surface area contributed by atoms with Gasteiger partial charge in [0.25, 0.3) is 5.91 Å².